The smallest absolute Gasteiger partial charge is 0.275 e. The molecule has 1 saturated heterocycles. The van der Waals surface area contributed by atoms with Gasteiger partial charge in [0.1, 0.15) is 13.2 Å². The predicted molar refractivity (Wildman–Crippen MR) is 58.8 cm³/mol. The van der Waals surface area contributed by atoms with Crippen molar-refractivity contribution in [3.63, 3.8) is 0 Å². The molecular weight excluding hydrogens is 226 g/mol. The molecule has 1 aromatic carbocycles. The number of aryl methyl sites for hydroxylation is 1. The lowest BCUT2D eigenvalue weighted by molar-refractivity contribution is -0.317. The number of anilines is 1. The van der Waals surface area contributed by atoms with Gasteiger partial charge in [-0.1, -0.05) is 17.7 Å². The summed E-state index contributed by atoms with van der Waals surface area (Å²) in [5, 5.41) is 38.9. The van der Waals surface area contributed by atoms with Gasteiger partial charge < -0.3 is 25.2 Å². The first-order valence-corrected chi connectivity index (χ1v) is 5.17. The summed E-state index contributed by atoms with van der Waals surface area (Å²) in [6.07, 6.45) is 0. The standard InChI is InChI=1S/C11H15NO5/c1-8-2-4-9(5-3-8)12-10(13,14)6-17-7-11(12,15)16/h2-5,13-16H,6-7H2,1H3. The van der Waals surface area contributed by atoms with Crippen molar-refractivity contribution in [3.05, 3.63) is 29.8 Å². The van der Waals surface area contributed by atoms with Crippen molar-refractivity contribution in [1.29, 1.82) is 0 Å². The summed E-state index contributed by atoms with van der Waals surface area (Å²) < 4.78 is 4.73. The molecule has 6 heteroatoms. The van der Waals surface area contributed by atoms with Crippen molar-refractivity contribution in [2.75, 3.05) is 18.1 Å². The molecule has 1 fully saturated rings. The van der Waals surface area contributed by atoms with Crippen LogP contribution in [0, 0.1) is 6.92 Å². The van der Waals surface area contributed by atoms with Crippen molar-refractivity contribution in [2.45, 2.75) is 18.7 Å². The second-order valence-electron chi connectivity index (χ2n) is 4.21. The van der Waals surface area contributed by atoms with Crippen LogP contribution in [-0.4, -0.2) is 45.5 Å². The van der Waals surface area contributed by atoms with E-state index in [4.69, 9.17) is 4.74 Å². The number of morpholine rings is 1. The molecule has 1 aliphatic rings. The van der Waals surface area contributed by atoms with Crippen LogP contribution in [0.4, 0.5) is 5.69 Å². The fraction of sp³-hybridized carbons (Fsp3) is 0.455. The second-order valence-corrected chi connectivity index (χ2v) is 4.21. The first-order valence-electron chi connectivity index (χ1n) is 5.17. The van der Waals surface area contributed by atoms with E-state index < -0.39 is 25.0 Å². The Balaban J connectivity index is 2.41. The summed E-state index contributed by atoms with van der Waals surface area (Å²) in [6.45, 7) is 1.02. The second kappa shape index (κ2) is 3.94. The predicted octanol–water partition coefficient (Wildman–Crippen LogP) is -0.892. The van der Waals surface area contributed by atoms with Gasteiger partial charge in [0.05, 0.1) is 0 Å². The molecule has 0 aromatic heterocycles. The molecule has 0 aliphatic carbocycles. The highest BCUT2D eigenvalue weighted by atomic mass is 16.6. The van der Waals surface area contributed by atoms with Crippen LogP contribution >= 0.6 is 0 Å². The Bertz CT molecular complexity index is 385. The van der Waals surface area contributed by atoms with Crippen LogP contribution in [0.2, 0.25) is 0 Å². The first kappa shape index (κ1) is 12.3. The summed E-state index contributed by atoms with van der Waals surface area (Å²) in [7, 11) is 0. The van der Waals surface area contributed by atoms with Gasteiger partial charge in [0.25, 0.3) is 11.8 Å². The Kier molecular flexibility index (Phi) is 2.84. The van der Waals surface area contributed by atoms with E-state index in [2.05, 4.69) is 0 Å². The number of aliphatic hydroxyl groups is 4. The highest BCUT2D eigenvalue weighted by Gasteiger charge is 2.50. The molecule has 0 unspecified atom stereocenters. The third-order valence-electron chi connectivity index (χ3n) is 2.60. The van der Waals surface area contributed by atoms with Crippen molar-refractivity contribution >= 4 is 5.69 Å². The van der Waals surface area contributed by atoms with E-state index in [1.54, 1.807) is 24.3 Å². The highest BCUT2D eigenvalue weighted by molar-refractivity contribution is 5.50. The zero-order valence-corrected chi connectivity index (χ0v) is 9.37. The lowest BCUT2D eigenvalue weighted by Gasteiger charge is -2.47. The fourth-order valence-electron chi connectivity index (χ4n) is 1.85. The maximum Gasteiger partial charge on any atom is 0.275 e. The molecule has 0 spiro atoms. The minimum absolute atomic E-state index is 0.286. The largest absolute Gasteiger partial charge is 0.366 e. The van der Waals surface area contributed by atoms with Crippen molar-refractivity contribution in [3.8, 4) is 0 Å². The summed E-state index contributed by atoms with van der Waals surface area (Å²) in [4.78, 5) is 0.711. The van der Waals surface area contributed by atoms with Crippen molar-refractivity contribution < 1.29 is 25.2 Å². The van der Waals surface area contributed by atoms with Gasteiger partial charge in [0, 0.05) is 5.69 Å². The maximum absolute atomic E-state index is 9.73. The molecule has 0 saturated carbocycles. The third-order valence-corrected chi connectivity index (χ3v) is 2.60. The van der Waals surface area contributed by atoms with E-state index in [0.29, 0.717) is 4.90 Å². The molecule has 1 aliphatic heterocycles. The zero-order chi connectivity index (χ0) is 12.7. The molecule has 0 bridgehead atoms. The van der Waals surface area contributed by atoms with Crippen LogP contribution in [0.25, 0.3) is 0 Å². The van der Waals surface area contributed by atoms with Gasteiger partial charge >= 0.3 is 0 Å². The van der Waals surface area contributed by atoms with Crippen LogP contribution in [0.1, 0.15) is 5.56 Å². The van der Waals surface area contributed by atoms with Crippen LogP contribution in [-0.2, 0) is 4.74 Å². The normalized spacial score (nSPS) is 22.5. The molecule has 6 nitrogen and oxygen atoms in total. The minimum Gasteiger partial charge on any atom is -0.366 e. The Morgan fingerprint density at radius 1 is 1.00 bits per heavy atom. The van der Waals surface area contributed by atoms with E-state index in [1.165, 1.54) is 0 Å². The van der Waals surface area contributed by atoms with Gasteiger partial charge in [-0.05, 0) is 19.1 Å². The van der Waals surface area contributed by atoms with Crippen LogP contribution < -0.4 is 4.90 Å². The Morgan fingerprint density at radius 3 is 1.94 bits per heavy atom. The molecule has 0 radical (unpaired) electrons. The van der Waals surface area contributed by atoms with E-state index >= 15 is 0 Å². The van der Waals surface area contributed by atoms with Crippen molar-refractivity contribution in [1.82, 2.24) is 0 Å². The SMILES string of the molecule is Cc1ccc(N2C(O)(O)COCC2(O)O)cc1. The van der Waals surface area contributed by atoms with Crippen LogP contribution in [0.3, 0.4) is 0 Å². The van der Waals surface area contributed by atoms with E-state index in [-0.39, 0.29) is 5.69 Å². The molecule has 0 atom stereocenters. The number of hydrogen-bond acceptors (Lipinski definition) is 6. The summed E-state index contributed by atoms with van der Waals surface area (Å²) >= 11 is 0. The first-order chi connectivity index (χ1) is 7.83. The average molecular weight is 241 g/mol. The third kappa shape index (κ3) is 2.26. The van der Waals surface area contributed by atoms with Gasteiger partial charge in [-0.2, -0.15) is 0 Å². The molecule has 1 heterocycles. The summed E-state index contributed by atoms with van der Waals surface area (Å²) in [5.41, 5.74) is 1.26. The molecule has 2 rings (SSSR count). The number of hydrogen-bond donors (Lipinski definition) is 4. The maximum atomic E-state index is 9.73. The number of nitrogens with zero attached hydrogens (tertiary/aromatic N) is 1. The highest BCUT2D eigenvalue weighted by Crippen LogP contribution is 2.31. The zero-order valence-electron chi connectivity index (χ0n) is 9.37. The minimum atomic E-state index is -2.46. The van der Waals surface area contributed by atoms with Gasteiger partial charge in [0.15, 0.2) is 0 Å². The van der Waals surface area contributed by atoms with Gasteiger partial charge in [0.2, 0.25) is 0 Å². The van der Waals surface area contributed by atoms with Gasteiger partial charge in [-0.25, -0.2) is 0 Å². The van der Waals surface area contributed by atoms with E-state index in [9.17, 15) is 20.4 Å². The number of ether oxygens (including phenoxy) is 1. The van der Waals surface area contributed by atoms with Crippen LogP contribution in [0.15, 0.2) is 24.3 Å². The molecule has 94 valence electrons. The molecular formula is C11H15NO5. The van der Waals surface area contributed by atoms with Crippen LogP contribution in [0.5, 0.6) is 0 Å². The monoisotopic (exact) mass is 241 g/mol. The topological polar surface area (TPSA) is 93.4 Å². The van der Waals surface area contributed by atoms with E-state index in [0.717, 1.165) is 5.56 Å². The number of rotatable bonds is 1. The lowest BCUT2D eigenvalue weighted by atomic mass is 10.1. The molecule has 17 heavy (non-hydrogen) atoms. The van der Waals surface area contributed by atoms with Gasteiger partial charge in [-0.15, -0.1) is 0 Å². The van der Waals surface area contributed by atoms with Crippen molar-refractivity contribution in [2.24, 2.45) is 0 Å². The molecule has 0 amide bonds. The number of benzene rings is 1. The lowest BCUT2D eigenvalue weighted by Crippen LogP contribution is -2.69. The van der Waals surface area contributed by atoms with Gasteiger partial charge in [-0.3, -0.25) is 4.90 Å². The quantitative estimate of drug-likeness (QED) is 0.477. The fourth-order valence-corrected chi connectivity index (χ4v) is 1.85. The van der Waals surface area contributed by atoms with E-state index in [1.807, 2.05) is 6.92 Å². The summed E-state index contributed by atoms with van der Waals surface area (Å²) in [6, 6.07) is 6.61. The molecule has 4 N–H and O–H groups in total. The average Bonchev–Trinajstić information content (AvgIpc) is 2.18. The Labute approximate surface area is 98.3 Å². The molecule has 1 aromatic rings. The Hall–Kier alpha value is -1.18. The Morgan fingerprint density at radius 2 is 1.47 bits per heavy atom. The summed E-state index contributed by atoms with van der Waals surface area (Å²) in [5.74, 6) is -4.92.